The van der Waals surface area contributed by atoms with Crippen molar-refractivity contribution in [3.63, 3.8) is 0 Å². The minimum absolute atomic E-state index is 0.188. The average molecular weight is 401 g/mol. The topological polar surface area (TPSA) is 102 Å². The minimum Gasteiger partial charge on any atom is -0.437 e. The first kappa shape index (κ1) is 24.5. The monoisotopic (exact) mass is 401 g/mol. The molecule has 0 saturated carbocycles. The van der Waals surface area contributed by atoms with E-state index in [0.29, 0.717) is 19.8 Å². The van der Waals surface area contributed by atoms with Crippen molar-refractivity contribution < 1.29 is 36.4 Å². The Kier molecular flexibility index (Phi) is 12.6. The van der Waals surface area contributed by atoms with Gasteiger partial charge in [-0.2, -0.15) is 0 Å². The lowest BCUT2D eigenvalue weighted by Gasteiger charge is -2.33. The first-order chi connectivity index (χ1) is 11.8. The average Bonchev–Trinajstić information content (AvgIpc) is 2.54. The van der Waals surface area contributed by atoms with Crippen LogP contribution in [-0.4, -0.2) is 59.9 Å². The van der Waals surface area contributed by atoms with E-state index in [4.69, 9.17) is 27.1 Å². The highest BCUT2D eigenvalue weighted by Crippen LogP contribution is 2.47. The molecule has 0 aliphatic heterocycles. The Bertz CT molecular complexity index is 399. The maximum Gasteiger partial charge on any atom is 0.524 e. The molecule has 0 aliphatic carbocycles. The Morgan fingerprint density at radius 2 is 1.36 bits per heavy atom. The van der Waals surface area contributed by atoms with Crippen LogP contribution in [0.1, 0.15) is 41.5 Å². The fraction of sp³-hybridized carbons (Fsp3) is 0.929. The fourth-order valence-corrected chi connectivity index (χ4v) is 5.84. The van der Waals surface area contributed by atoms with E-state index in [1.54, 1.807) is 20.8 Å². The molecule has 0 aromatic rings. The molecule has 0 saturated heterocycles. The van der Waals surface area contributed by atoms with E-state index < -0.39 is 34.5 Å². The van der Waals surface area contributed by atoms with Crippen LogP contribution in [0.4, 0.5) is 4.79 Å². The van der Waals surface area contributed by atoms with Gasteiger partial charge in [-0.1, -0.05) is 0 Å². The summed E-state index contributed by atoms with van der Waals surface area (Å²) in [5.41, 5.74) is -0.543. The molecule has 0 spiro atoms. The summed E-state index contributed by atoms with van der Waals surface area (Å²) < 4.78 is 44.6. The number of ether oxygens (including phenoxy) is 1. The summed E-state index contributed by atoms with van der Waals surface area (Å²) >= 11 is 0. The SMILES string of the molecule is CCO[Si](OCC)(OCC)C(C)NC(=O)OCP(=O)(OCC)OCC. The van der Waals surface area contributed by atoms with Crippen LogP contribution in [0.15, 0.2) is 0 Å². The molecule has 1 atom stereocenters. The van der Waals surface area contributed by atoms with E-state index in [-0.39, 0.29) is 13.2 Å². The van der Waals surface area contributed by atoms with Crippen molar-refractivity contribution in [2.45, 2.75) is 47.2 Å². The van der Waals surface area contributed by atoms with Gasteiger partial charge in [0.15, 0.2) is 6.35 Å². The van der Waals surface area contributed by atoms with Crippen molar-refractivity contribution in [2.24, 2.45) is 0 Å². The largest absolute Gasteiger partial charge is 0.524 e. The fourth-order valence-electron chi connectivity index (χ4n) is 2.05. The number of rotatable bonds is 14. The molecule has 1 amide bonds. The number of carbonyl (C=O) groups excluding carboxylic acids is 1. The van der Waals surface area contributed by atoms with Gasteiger partial charge < -0.3 is 32.4 Å². The van der Waals surface area contributed by atoms with Gasteiger partial charge in [0.25, 0.3) is 0 Å². The van der Waals surface area contributed by atoms with Crippen molar-refractivity contribution >= 4 is 22.5 Å². The van der Waals surface area contributed by atoms with Gasteiger partial charge in [0.05, 0.1) is 18.9 Å². The number of amides is 1. The van der Waals surface area contributed by atoms with Gasteiger partial charge in [-0.25, -0.2) is 4.79 Å². The highest BCUT2D eigenvalue weighted by atomic mass is 31.2. The lowest BCUT2D eigenvalue weighted by Crippen LogP contribution is -2.61. The second kappa shape index (κ2) is 12.8. The maximum atomic E-state index is 12.3. The van der Waals surface area contributed by atoms with E-state index in [1.807, 2.05) is 20.8 Å². The number of carbonyl (C=O) groups is 1. The summed E-state index contributed by atoms with van der Waals surface area (Å²) in [6, 6.07) is 0. The molecular formula is C14H32NO8PSi. The Labute approximate surface area is 151 Å². The number of hydrogen-bond acceptors (Lipinski definition) is 8. The van der Waals surface area contributed by atoms with E-state index in [2.05, 4.69) is 5.32 Å². The summed E-state index contributed by atoms with van der Waals surface area (Å²) in [6.45, 7) is 12.1. The van der Waals surface area contributed by atoms with Gasteiger partial charge in [0.1, 0.15) is 0 Å². The van der Waals surface area contributed by atoms with Gasteiger partial charge in [-0.15, -0.1) is 0 Å². The van der Waals surface area contributed by atoms with Crippen molar-refractivity contribution in [3.8, 4) is 0 Å². The Morgan fingerprint density at radius 3 is 1.72 bits per heavy atom. The van der Waals surface area contributed by atoms with E-state index in [1.165, 1.54) is 0 Å². The normalized spacial score (nSPS) is 13.5. The first-order valence-electron chi connectivity index (χ1n) is 8.56. The van der Waals surface area contributed by atoms with E-state index in [0.717, 1.165) is 0 Å². The third-order valence-electron chi connectivity index (χ3n) is 2.91. The van der Waals surface area contributed by atoms with Gasteiger partial charge in [-0.05, 0) is 41.5 Å². The van der Waals surface area contributed by atoms with Gasteiger partial charge >= 0.3 is 22.5 Å². The molecule has 11 heteroatoms. The first-order valence-corrected chi connectivity index (χ1v) is 12.1. The summed E-state index contributed by atoms with van der Waals surface area (Å²) in [5, 5.41) is 2.63. The number of alkyl carbamates (subject to hydrolysis) is 1. The molecule has 150 valence electrons. The predicted octanol–water partition coefficient (Wildman–Crippen LogP) is 2.91. The molecular weight excluding hydrogens is 369 g/mol. The minimum atomic E-state index is -3.46. The van der Waals surface area contributed by atoms with Crippen LogP contribution < -0.4 is 5.32 Å². The Balaban J connectivity index is 4.85. The molecule has 0 aliphatic rings. The molecule has 0 heterocycles. The van der Waals surface area contributed by atoms with Crippen LogP contribution in [0.3, 0.4) is 0 Å². The third kappa shape index (κ3) is 8.63. The molecule has 0 radical (unpaired) electrons. The van der Waals surface area contributed by atoms with Crippen molar-refractivity contribution in [1.82, 2.24) is 5.32 Å². The second-order valence-electron chi connectivity index (χ2n) is 4.78. The van der Waals surface area contributed by atoms with E-state index in [9.17, 15) is 9.36 Å². The highest BCUT2D eigenvalue weighted by molar-refractivity contribution is 7.53. The van der Waals surface area contributed by atoms with Gasteiger partial charge in [0.2, 0.25) is 0 Å². The lowest BCUT2D eigenvalue weighted by atomic mass is 10.7. The highest BCUT2D eigenvalue weighted by Gasteiger charge is 2.48. The number of hydrogen-bond donors (Lipinski definition) is 1. The van der Waals surface area contributed by atoms with Crippen LogP contribution >= 0.6 is 7.60 Å². The smallest absolute Gasteiger partial charge is 0.437 e. The number of nitrogens with one attached hydrogen (secondary N) is 1. The quantitative estimate of drug-likeness (QED) is 0.350. The van der Waals surface area contributed by atoms with Crippen molar-refractivity contribution in [3.05, 3.63) is 0 Å². The van der Waals surface area contributed by atoms with Gasteiger partial charge in [0, 0.05) is 19.8 Å². The molecule has 0 fully saturated rings. The van der Waals surface area contributed by atoms with Crippen LogP contribution in [0, 0.1) is 0 Å². The molecule has 25 heavy (non-hydrogen) atoms. The molecule has 0 aromatic carbocycles. The predicted molar refractivity (Wildman–Crippen MR) is 95.4 cm³/mol. The van der Waals surface area contributed by atoms with Crippen molar-refractivity contribution in [1.29, 1.82) is 0 Å². The molecule has 1 unspecified atom stereocenters. The van der Waals surface area contributed by atoms with Crippen LogP contribution in [-0.2, 0) is 31.6 Å². The zero-order chi connectivity index (χ0) is 19.3. The van der Waals surface area contributed by atoms with Gasteiger partial charge in [-0.3, -0.25) is 4.57 Å². The summed E-state index contributed by atoms with van der Waals surface area (Å²) in [4.78, 5) is 12.1. The summed E-state index contributed by atoms with van der Waals surface area (Å²) in [5.74, 6) is 0. The molecule has 0 bridgehead atoms. The summed E-state index contributed by atoms with van der Waals surface area (Å²) in [7, 11) is -6.57. The molecule has 9 nitrogen and oxygen atoms in total. The van der Waals surface area contributed by atoms with Crippen LogP contribution in [0.5, 0.6) is 0 Å². The lowest BCUT2D eigenvalue weighted by molar-refractivity contribution is 0.0583. The maximum absolute atomic E-state index is 12.3. The van der Waals surface area contributed by atoms with Crippen LogP contribution in [0.2, 0.25) is 0 Å². The van der Waals surface area contributed by atoms with Crippen LogP contribution in [0.25, 0.3) is 0 Å². The Morgan fingerprint density at radius 1 is 0.920 bits per heavy atom. The second-order valence-corrected chi connectivity index (χ2v) is 9.71. The standard InChI is InChI=1S/C14H32NO8PSi/c1-7-19-24(17,20-8-2)12-18-14(16)15-13(6)25(21-9-3,22-10-4)23-11-5/h13H,7-12H2,1-6H3,(H,15,16). The Hall–Kier alpha value is -0.483. The summed E-state index contributed by atoms with van der Waals surface area (Å²) in [6.07, 6.45) is -1.25. The molecule has 0 rings (SSSR count). The zero-order valence-electron chi connectivity index (χ0n) is 16.0. The third-order valence-corrected chi connectivity index (χ3v) is 7.93. The zero-order valence-corrected chi connectivity index (χ0v) is 17.9. The van der Waals surface area contributed by atoms with E-state index >= 15 is 0 Å². The molecule has 0 aromatic heterocycles. The van der Waals surface area contributed by atoms with Crippen molar-refractivity contribution in [2.75, 3.05) is 39.4 Å². The molecule has 1 N–H and O–H groups in total.